The molecule has 1 saturated heterocycles. The van der Waals surface area contributed by atoms with Gasteiger partial charge < -0.3 is 9.47 Å². The maximum atomic E-state index is 12.1. The lowest BCUT2D eigenvalue weighted by molar-refractivity contribution is -0.222. The number of rotatable bonds is 2. The van der Waals surface area contributed by atoms with Gasteiger partial charge in [-0.05, 0) is 34.9 Å². The van der Waals surface area contributed by atoms with Gasteiger partial charge in [-0.15, -0.1) is 0 Å². The predicted molar refractivity (Wildman–Crippen MR) is 91.1 cm³/mol. The van der Waals surface area contributed by atoms with Gasteiger partial charge >= 0.3 is 11.9 Å². The Morgan fingerprint density at radius 1 is 0.958 bits per heavy atom. The Labute approximate surface area is 144 Å². The number of carbonyl (C=O) groups excluding carboxylic acids is 2. The smallest absolute Gasteiger partial charge is 0.348 e. The van der Waals surface area contributed by atoms with Crippen LogP contribution in [0.15, 0.2) is 54.1 Å². The van der Waals surface area contributed by atoms with Crippen LogP contribution in [0.25, 0.3) is 17.2 Å². The SMILES string of the molecule is CC1(C)OC(=O)C(=Cc2ccccc2-c2cccc(Cl)c2)C(=O)O1. The highest BCUT2D eigenvalue weighted by atomic mass is 35.5. The van der Waals surface area contributed by atoms with E-state index in [0.717, 1.165) is 11.1 Å². The molecule has 0 spiro atoms. The Hall–Kier alpha value is -2.59. The number of ether oxygens (including phenoxy) is 2. The fourth-order valence-corrected chi connectivity index (χ4v) is 2.67. The van der Waals surface area contributed by atoms with E-state index in [9.17, 15) is 9.59 Å². The summed E-state index contributed by atoms with van der Waals surface area (Å²) in [7, 11) is 0. The van der Waals surface area contributed by atoms with Crippen molar-refractivity contribution >= 4 is 29.6 Å². The molecule has 0 amide bonds. The minimum absolute atomic E-state index is 0.135. The molecule has 0 atom stereocenters. The molecule has 1 aliphatic heterocycles. The number of benzene rings is 2. The fraction of sp³-hybridized carbons (Fsp3) is 0.158. The molecular formula is C19H15ClO4. The van der Waals surface area contributed by atoms with Gasteiger partial charge in [0, 0.05) is 18.9 Å². The molecule has 3 rings (SSSR count). The Morgan fingerprint density at radius 3 is 2.29 bits per heavy atom. The van der Waals surface area contributed by atoms with Gasteiger partial charge in [-0.3, -0.25) is 0 Å². The maximum Gasteiger partial charge on any atom is 0.348 e. The van der Waals surface area contributed by atoms with Crippen LogP contribution in [0.1, 0.15) is 19.4 Å². The molecule has 0 aliphatic carbocycles. The molecule has 0 bridgehead atoms. The summed E-state index contributed by atoms with van der Waals surface area (Å²) in [4.78, 5) is 24.2. The average Bonchev–Trinajstić information content (AvgIpc) is 2.50. The van der Waals surface area contributed by atoms with Crippen molar-refractivity contribution < 1.29 is 19.1 Å². The van der Waals surface area contributed by atoms with Crippen LogP contribution >= 0.6 is 11.6 Å². The molecule has 2 aromatic rings. The van der Waals surface area contributed by atoms with Crippen molar-refractivity contribution in [2.45, 2.75) is 19.6 Å². The first kappa shape index (κ1) is 16.3. The second-order valence-electron chi connectivity index (χ2n) is 5.83. The van der Waals surface area contributed by atoms with E-state index >= 15 is 0 Å². The zero-order valence-corrected chi connectivity index (χ0v) is 14.0. The van der Waals surface area contributed by atoms with Gasteiger partial charge in [-0.25, -0.2) is 9.59 Å². The lowest BCUT2D eigenvalue weighted by Gasteiger charge is -2.29. The number of cyclic esters (lactones) is 2. The van der Waals surface area contributed by atoms with E-state index in [2.05, 4.69) is 0 Å². The summed E-state index contributed by atoms with van der Waals surface area (Å²) >= 11 is 6.05. The molecule has 0 aromatic heterocycles. The molecule has 122 valence electrons. The first-order valence-electron chi connectivity index (χ1n) is 7.39. The van der Waals surface area contributed by atoms with Crippen molar-refractivity contribution in [2.75, 3.05) is 0 Å². The summed E-state index contributed by atoms with van der Waals surface area (Å²) in [5, 5.41) is 0.605. The first-order valence-corrected chi connectivity index (χ1v) is 7.77. The van der Waals surface area contributed by atoms with E-state index in [1.807, 2.05) is 42.5 Å². The minimum Gasteiger partial charge on any atom is -0.419 e. The third-order valence-electron chi connectivity index (χ3n) is 3.51. The number of hydrogen-bond acceptors (Lipinski definition) is 4. The van der Waals surface area contributed by atoms with E-state index in [4.69, 9.17) is 21.1 Å². The van der Waals surface area contributed by atoms with E-state index in [1.54, 1.807) is 6.07 Å². The van der Waals surface area contributed by atoms with Gasteiger partial charge in [-0.2, -0.15) is 0 Å². The van der Waals surface area contributed by atoms with Crippen molar-refractivity contribution in [3.05, 3.63) is 64.7 Å². The quantitative estimate of drug-likeness (QED) is 0.465. The molecule has 24 heavy (non-hydrogen) atoms. The highest BCUT2D eigenvalue weighted by Gasteiger charge is 2.38. The van der Waals surface area contributed by atoms with E-state index in [0.29, 0.717) is 10.6 Å². The second kappa shape index (κ2) is 6.13. The number of carbonyl (C=O) groups is 2. The molecule has 1 fully saturated rings. The minimum atomic E-state index is -1.25. The summed E-state index contributed by atoms with van der Waals surface area (Å²) < 4.78 is 10.2. The molecule has 1 aliphatic rings. The monoisotopic (exact) mass is 342 g/mol. The first-order chi connectivity index (χ1) is 11.4. The second-order valence-corrected chi connectivity index (χ2v) is 6.27. The summed E-state index contributed by atoms with van der Waals surface area (Å²) in [5.41, 5.74) is 2.29. The lowest BCUT2D eigenvalue weighted by atomic mass is 9.98. The van der Waals surface area contributed by atoms with Crippen LogP contribution in [0.3, 0.4) is 0 Å². The van der Waals surface area contributed by atoms with Gasteiger partial charge in [0.1, 0.15) is 5.57 Å². The molecule has 0 radical (unpaired) electrons. The third-order valence-corrected chi connectivity index (χ3v) is 3.75. The lowest BCUT2D eigenvalue weighted by Crippen LogP contribution is -2.41. The van der Waals surface area contributed by atoms with Crippen molar-refractivity contribution in [3.63, 3.8) is 0 Å². The van der Waals surface area contributed by atoms with Gasteiger partial charge in [-0.1, -0.05) is 48.0 Å². The third kappa shape index (κ3) is 3.34. The summed E-state index contributed by atoms with van der Waals surface area (Å²) in [5.74, 6) is -2.65. The molecule has 0 saturated carbocycles. The van der Waals surface area contributed by atoms with Gasteiger partial charge in [0.2, 0.25) is 0 Å². The standard InChI is InChI=1S/C19H15ClO4/c1-19(2)23-17(21)16(18(22)24-19)11-13-6-3-4-9-15(13)12-7-5-8-14(20)10-12/h3-11H,1-2H3. The summed E-state index contributed by atoms with van der Waals surface area (Å²) in [6, 6.07) is 14.7. The topological polar surface area (TPSA) is 52.6 Å². The average molecular weight is 343 g/mol. The van der Waals surface area contributed by atoms with Crippen LogP contribution in [-0.4, -0.2) is 17.7 Å². The molecule has 5 heteroatoms. The van der Waals surface area contributed by atoms with Crippen LogP contribution < -0.4 is 0 Å². The van der Waals surface area contributed by atoms with Crippen molar-refractivity contribution in [2.24, 2.45) is 0 Å². The predicted octanol–water partition coefficient (Wildman–Crippen LogP) is 4.23. The Morgan fingerprint density at radius 2 is 1.62 bits per heavy atom. The van der Waals surface area contributed by atoms with Gasteiger partial charge in [0.15, 0.2) is 0 Å². The highest BCUT2D eigenvalue weighted by Crippen LogP contribution is 2.30. The van der Waals surface area contributed by atoms with Crippen LogP contribution in [0.5, 0.6) is 0 Å². The molecule has 2 aromatic carbocycles. The van der Waals surface area contributed by atoms with Gasteiger partial charge in [0.05, 0.1) is 0 Å². The maximum absolute atomic E-state index is 12.1. The van der Waals surface area contributed by atoms with Crippen LogP contribution in [-0.2, 0) is 19.1 Å². The Kier molecular flexibility index (Phi) is 4.16. The fourth-order valence-electron chi connectivity index (χ4n) is 2.48. The molecular weight excluding hydrogens is 328 g/mol. The van der Waals surface area contributed by atoms with E-state index in [-0.39, 0.29) is 5.57 Å². The molecule has 0 N–H and O–H groups in total. The zero-order valence-electron chi connectivity index (χ0n) is 13.2. The van der Waals surface area contributed by atoms with Crippen molar-refractivity contribution in [1.29, 1.82) is 0 Å². The summed E-state index contributed by atoms with van der Waals surface area (Å²) in [6.45, 7) is 3.03. The van der Waals surface area contributed by atoms with Crippen molar-refractivity contribution in [3.8, 4) is 11.1 Å². The number of halogens is 1. The van der Waals surface area contributed by atoms with Crippen LogP contribution in [0.2, 0.25) is 5.02 Å². The molecule has 1 heterocycles. The normalized spacial score (nSPS) is 16.4. The van der Waals surface area contributed by atoms with Crippen LogP contribution in [0.4, 0.5) is 0 Å². The summed E-state index contributed by atoms with van der Waals surface area (Å²) in [6.07, 6.45) is 1.48. The van der Waals surface area contributed by atoms with E-state index in [1.165, 1.54) is 19.9 Å². The molecule has 4 nitrogen and oxygen atoms in total. The number of esters is 2. The van der Waals surface area contributed by atoms with Crippen molar-refractivity contribution in [1.82, 2.24) is 0 Å². The van der Waals surface area contributed by atoms with E-state index < -0.39 is 17.7 Å². The zero-order chi connectivity index (χ0) is 17.3. The Balaban J connectivity index is 2.05. The number of hydrogen-bond donors (Lipinski definition) is 0. The van der Waals surface area contributed by atoms with Gasteiger partial charge in [0.25, 0.3) is 5.79 Å². The molecule has 0 unspecified atom stereocenters. The highest BCUT2D eigenvalue weighted by molar-refractivity contribution is 6.30. The van der Waals surface area contributed by atoms with Crippen LogP contribution in [0, 0.1) is 0 Å². The largest absolute Gasteiger partial charge is 0.419 e. The Bertz CT molecular complexity index is 830.